The number of hydrogen-bond donors (Lipinski definition) is 1. The van der Waals surface area contributed by atoms with Crippen LogP contribution in [0, 0.1) is 0 Å². The lowest BCUT2D eigenvalue weighted by molar-refractivity contribution is -0.146. The molecule has 1 aromatic carbocycles. The van der Waals surface area contributed by atoms with Gasteiger partial charge in [0.15, 0.2) is 0 Å². The summed E-state index contributed by atoms with van der Waals surface area (Å²) in [5, 5.41) is 0. The Labute approximate surface area is 120 Å². The molecule has 1 saturated heterocycles. The van der Waals surface area contributed by atoms with Crippen molar-refractivity contribution in [1.82, 2.24) is 4.90 Å². The topological polar surface area (TPSA) is 55.6 Å². The molecule has 0 bridgehead atoms. The minimum atomic E-state index is -0.256. The minimum Gasteiger partial charge on any atom is -0.368 e. The van der Waals surface area contributed by atoms with Gasteiger partial charge in [0.2, 0.25) is 0 Å². The first kappa shape index (κ1) is 15.0. The summed E-state index contributed by atoms with van der Waals surface area (Å²) in [5.74, 6) is 0.110. The Bertz CT molecular complexity index is 442. The summed E-state index contributed by atoms with van der Waals surface area (Å²) < 4.78 is 5.60. The van der Waals surface area contributed by atoms with Gasteiger partial charge in [-0.3, -0.25) is 4.79 Å². The zero-order valence-corrected chi connectivity index (χ0v) is 12.2. The highest BCUT2D eigenvalue weighted by molar-refractivity contribution is 5.81. The van der Waals surface area contributed by atoms with Crippen LogP contribution in [0.15, 0.2) is 24.3 Å². The Balaban J connectivity index is 2.06. The van der Waals surface area contributed by atoms with Gasteiger partial charge in [-0.25, -0.2) is 0 Å². The van der Waals surface area contributed by atoms with E-state index >= 15 is 0 Å². The zero-order valence-electron chi connectivity index (χ0n) is 12.2. The number of nitrogens with two attached hydrogens (primary N) is 1. The lowest BCUT2D eigenvalue weighted by atomic mass is 10.1. The lowest BCUT2D eigenvalue weighted by Gasteiger charge is -2.29. The van der Waals surface area contributed by atoms with Gasteiger partial charge >= 0.3 is 0 Å². The molecule has 0 saturated carbocycles. The maximum Gasteiger partial charge on any atom is 0.251 e. The maximum absolute atomic E-state index is 12.5. The van der Waals surface area contributed by atoms with E-state index in [1.54, 1.807) is 0 Å². The number of ether oxygens (including phenoxy) is 1. The zero-order chi connectivity index (χ0) is 14.4. The van der Waals surface area contributed by atoms with E-state index in [-0.39, 0.29) is 12.0 Å². The molecule has 1 aliphatic heterocycles. The van der Waals surface area contributed by atoms with E-state index in [2.05, 4.69) is 0 Å². The van der Waals surface area contributed by atoms with Gasteiger partial charge in [0.25, 0.3) is 5.91 Å². The summed E-state index contributed by atoms with van der Waals surface area (Å²) in [6.07, 6.45) is 2.72. The number of carbonyl (C=O) groups is 1. The molecule has 20 heavy (non-hydrogen) atoms. The average Bonchev–Trinajstić information content (AvgIpc) is 2.53. The molecule has 110 valence electrons. The van der Waals surface area contributed by atoms with Crippen molar-refractivity contribution in [1.29, 1.82) is 0 Å². The first-order valence-corrected chi connectivity index (χ1v) is 7.43. The van der Waals surface area contributed by atoms with E-state index in [0.29, 0.717) is 26.2 Å². The predicted octanol–water partition coefficient (Wildman–Crippen LogP) is 2.06. The van der Waals surface area contributed by atoms with Gasteiger partial charge in [-0.15, -0.1) is 0 Å². The second-order valence-electron chi connectivity index (χ2n) is 5.18. The second kappa shape index (κ2) is 7.41. The Morgan fingerprint density at radius 2 is 2.10 bits per heavy atom. The van der Waals surface area contributed by atoms with Crippen molar-refractivity contribution in [2.45, 2.75) is 45.4 Å². The first-order chi connectivity index (χ1) is 9.76. The highest BCUT2D eigenvalue weighted by atomic mass is 16.5. The molecular weight excluding hydrogens is 252 g/mol. The SMILES string of the molecule is CCN(Cc1ccccc1CN)C(=O)C1CCCCO1. The van der Waals surface area contributed by atoms with Gasteiger partial charge in [-0.1, -0.05) is 24.3 Å². The molecular formula is C16H24N2O2. The molecule has 1 amide bonds. The van der Waals surface area contributed by atoms with E-state index in [4.69, 9.17) is 10.5 Å². The quantitative estimate of drug-likeness (QED) is 0.895. The van der Waals surface area contributed by atoms with E-state index in [1.807, 2.05) is 36.1 Å². The fourth-order valence-corrected chi connectivity index (χ4v) is 2.60. The monoisotopic (exact) mass is 276 g/mol. The molecule has 1 atom stereocenters. The Morgan fingerprint density at radius 3 is 2.70 bits per heavy atom. The van der Waals surface area contributed by atoms with Crippen LogP contribution in [-0.2, 0) is 22.6 Å². The molecule has 4 nitrogen and oxygen atoms in total. The highest BCUT2D eigenvalue weighted by Crippen LogP contribution is 2.17. The Morgan fingerprint density at radius 1 is 1.35 bits per heavy atom. The van der Waals surface area contributed by atoms with E-state index < -0.39 is 0 Å². The van der Waals surface area contributed by atoms with Crippen LogP contribution in [0.3, 0.4) is 0 Å². The molecule has 0 radical (unpaired) electrons. The highest BCUT2D eigenvalue weighted by Gasteiger charge is 2.26. The molecule has 1 aliphatic rings. The van der Waals surface area contributed by atoms with Crippen LogP contribution in [0.2, 0.25) is 0 Å². The summed E-state index contributed by atoms with van der Waals surface area (Å²) in [7, 11) is 0. The molecule has 1 heterocycles. The van der Waals surface area contributed by atoms with Crippen LogP contribution in [0.1, 0.15) is 37.3 Å². The van der Waals surface area contributed by atoms with Gasteiger partial charge in [0.05, 0.1) is 0 Å². The minimum absolute atomic E-state index is 0.110. The van der Waals surface area contributed by atoms with Crippen molar-refractivity contribution < 1.29 is 9.53 Å². The number of rotatable bonds is 5. The van der Waals surface area contributed by atoms with Crippen LogP contribution in [0.5, 0.6) is 0 Å². The van der Waals surface area contributed by atoms with Crippen molar-refractivity contribution in [3.63, 3.8) is 0 Å². The lowest BCUT2D eigenvalue weighted by Crippen LogP contribution is -2.41. The van der Waals surface area contributed by atoms with Gasteiger partial charge in [-0.2, -0.15) is 0 Å². The molecule has 1 unspecified atom stereocenters. The van der Waals surface area contributed by atoms with Crippen molar-refractivity contribution in [3.05, 3.63) is 35.4 Å². The molecule has 0 aliphatic carbocycles. The normalized spacial score (nSPS) is 18.8. The van der Waals surface area contributed by atoms with Crippen molar-refractivity contribution in [2.75, 3.05) is 13.2 Å². The van der Waals surface area contributed by atoms with Crippen LogP contribution in [0.4, 0.5) is 0 Å². The third-order valence-corrected chi connectivity index (χ3v) is 3.85. The number of likely N-dealkylation sites (N-methyl/N-ethyl adjacent to an activating group) is 1. The molecule has 2 N–H and O–H groups in total. The third kappa shape index (κ3) is 3.58. The van der Waals surface area contributed by atoms with Crippen molar-refractivity contribution >= 4 is 5.91 Å². The van der Waals surface area contributed by atoms with Crippen molar-refractivity contribution in [3.8, 4) is 0 Å². The summed E-state index contributed by atoms with van der Waals surface area (Å²) in [6, 6.07) is 8.03. The summed E-state index contributed by atoms with van der Waals surface area (Å²) in [4.78, 5) is 14.4. The van der Waals surface area contributed by atoms with Crippen molar-refractivity contribution in [2.24, 2.45) is 5.73 Å². The fraction of sp³-hybridized carbons (Fsp3) is 0.562. The van der Waals surface area contributed by atoms with Gasteiger partial charge in [-0.05, 0) is 37.3 Å². The van der Waals surface area contributed by atoms with Gasteiger partial charge in [0.1, 0.15) is 6.10 Å². The summed E-state index contributed by atoms with van der Waals surface area (Å²) in [6.45, 7) is 4.52. The summed E-state index contributed by atoms with van der Waals surface area (Å²) >= 11 is 0. The number of nitrogens with zero attached hydrogens (tertiary/aromatic N) is 1. The van der Waals surface area contributed by atoms with Crippen LogP contribution in [0.25, 0.3) is 0 Å². The van der Waals surface area contributed by atoms with E-state index in [9.17, 15) is 4.79 Å². The third-order valence-electron chi connectivity index (χ3n) is 3.85. The largest absolute Gasteiger partial charge is 0.368 e. The number of carbonyl (C=O) groups excluding carboxylic acids is 1. The number of benzene rings is 1. The molecule has 0 spiro atoms. The second-order valence-corrected chi connectivity index (χ2v) is 5.18. The van der Waals surface area contributed by atoms with E-state index in [0.717, 1.165) is 30.4 Å². The molecule has 1 aromatic rings. The van der Waals surface area contributed by atoms with Crippen LogP contribution < -0.4 is 5.73 Å². The number of hydrogen-bond acceptors (Lipinski definition) is 3. The molecule has 2 rings (SSSR count). The molecule has 1 fully saturated rings. The maximum atomic E-state index is 12.5. The van der Waals surface area contributed by atoms with Crippen LogP contribution in [-0.4, -0.2) is 30.1 Å². The van der Waals surface area contributed by atoms with Crippen LogP contribution >= 0.6 is 0 Å². The first-order valence-electron chi connectivity index (χ1n) is 7.43. The van der Waals surface area contributed by atoms with E-state index in [1.165, 1.54) is 0 Å². The Kier molecular flexibility index (Phi) is 5.56. The predicted molar refractivity (Wildman–Crippen MR) is 79.0 cm³/mol. The fourth-order valence-electron chi connectivity index (χ4n) is 2.60. The number of amides is 1. The molecule has 4 heteroatoms. The summed E-state index contributed by atoms with van der Waals surface area (Å²) in [5.41, 5.74) is 7.98. The van der Waals surface area contributed by atoms with Gasteiger partial charge in [0, 0.05) is 26.2 Å². The average molecular weight is 276 g/mol. The standard InChI is InChI=1S/C16H24N2O2/c1-2-18(16(19)15-9-5-6-10-20-15)12-14-8-4-3-7-13(14)11-17/h3-4,7-8,15H,2,5-6,9-12,17H2,1H3. The molecule has 0 aromatic heterocycles. The smallest absolute Gasteiger partial charge is 0.251 e. The Hall–Kier alpha value is -1.39. The van der Waals surface area contributed by atoms with Gasteiger partial charge < -0.3 is 15.4 Å².